The van der Waals surface area contributed by atoms with Crippen LogP contribution in [0.15, 0.2) is 0 Å². The van der Waals surface area contributed by atoms with Crippen LogP contribution in [0.2, 0.25) is 0 Å². The maximum atomic E-state index is 4.90. The Labute approximate surface area is 82.6 Å². The Morgan fingerprint density at radius 3 is 1.22 bits per heavy atom. The van der Waals surface area contributed by atoms with E-state index in [0.717, 1.165) is 0 Å². The number of hydrogen-bond acceptors (Lipinski definition) is 3. The summed E-state index contributed by atoms with van der Waals surface area (Å²) in [5, 5.41) is 0.000000000000000222. The first-order chi connectivity index (χ1) is 3.65. The molecule has 0 saturated carbocycles. The second-order valence-electron chi connectivity index (χ2n) is 0.980. The van der Waals surface area contributed by atoms with Gasteiger partial charge in [0.1, 0.15) is 0 Å². The number of thiocarbonyl (C=S) groups is 1. The van der Waals surface area contributed by atoms with E-state index in [9.17, 15) is 0 Å². The zero-order valence-corrected chi connectivity index (χ0v) is 5.45. The van der Waals surface area contributed by atoms with Crippen LogP contribution in [0.1, 0.15) is 0 Å². The normalized spacial score (nSPS) is 6.00. The Kier molecular flexibility index (Phi) is 28.7. The van der Waals surface area contributed by atoms with E-state index in [1.54, 1.807) is 0 Å². The zero-order chi connectivity index (χ0) is 6.99. The minimum absolute atomic E-state index is 0. The standard InChI is InChI=1S/C2H8N2.CH4N2S.Na.H/c3-1-2-4;2-1(3)4;;/h1-4H2;(H4,2,3,4);;. The number of hydrogen-bond donors (Lipinski definition) is 4. The van der Waals surface area contributed by atoms with Gasteiger partial charge < -0.3 is 22.9 Å². The van der Waals surface area contributed by atoms with Gasteiger partial charge in [-0.05, 0) is 12.2 Å². The van der Waals surface area contributed by atoms with Crippen LogP contribution in [0.3, 0.4) is 0 Å². The van der Waals surface area contributed by atoms with E-state index < -0.39 is 0 Å². The Bertz CT molecular complexity index is 53.8. The van der Waals surface area contributed by atoms with E-state index in [2.05, 4.69) is 23.7 Å². The van der Waals surface area contributed by atoms with Crippen LogP contribution in [0.4, 0.5) is 0 Å². The maximum absolute atomic E-state index is 4.90. The van der Waals surface area contributed by atoms with E-state index >= 15 is 0 Å². The predicted molar refractivity (Wildman–Crippen MR) is 46.2 cm³/mol. The van der Waals surface area contributed by atoms with Crippen LogP contribution in [-0.2, 0) is 0 Å². The molecule has 0 rings (SSSR count). The Balaban J connectivity index is -0.0000000720. The molecule has 0 heterocycles. The fraction of sp³-hybridized carbons (Fsp3) is 0.667. The monoisotopic (exact) mass is 160 g/mol. The van der Waals surface area contributed by atoms with Crippen LogP contribution in [0.25, 0.3) is 0 Å². The van der Waals surface area contributed by atoms with Gasteiger partial charge in [-0.3, -0.25) is 0 Å². The van der Waals surface area contributed by atoms with Crippen molar-refractivity contribution in [1.29, 1.82) is 0 Å². The molecule has 0 atom stereocenters. The average molecular weight is 160 g/mol. The van der Waals surface area contributed by atoms with Gasteiger partial charge in [0.05, 0.1) is 0 Å². The summed E-state index contributed by atoms with van der Waals surface area (Å²) in [6.07, 6.45) is 0. The van der Waals surface area contributed by atoms with Crippen molar-refractivity contribution in [3.8, 4) is 0 Å². The molecular formula is C3H13N4NaS. The summed E-state index contributed by atoms with van der Waals surface area (Å²) in [5.74, 6) is 0. The third-order valence-electron chi connectivity index (χ3n) is 0.167. The summed E-state index contributed by atoms with van der Waals surface area (Å²) in [6.45, 7) is 1.19. The Morgan fingerprint density at radius 1 is 1.11 bits per heavy atom. The predicted octanol–water partition coefficient (Wildman–Crippen LogP) is -2.56. The molecule has 0 aliphatic rings. The molecule has 0 unspecified atom stereocenters. The van der Waals surface area contributed by atoms with Gasteiger partial charge in [0, 0.05) is 13.1 Å². The molecule has 0 aromatic carbocycles. The molecule has 0 radical (unpaired) electrons. The van der Waals surface area contributed by atoms with Gasteiger partial charge in [0.25, 0.3) is 0 Å². The van der Waals surface area contributed by atoms with Crippen molar-refractivity contribution in [1.82, 2.24) is 0 Å². The molecule has 0 spiro atoms. The Hall–Kier alpha value is 0.610. The van der Waals surface area contributed by atoms with Crippen LogP contribution >= 0.6 is 12.2 Å². The van der Waals surface area contributed by atoms with Gasteiger partial charge in [-0.25, -0.2) is 0 Å². The van der Waals surface area contributed by atoms with E-state index in [-0.39, 0.29) is 34.7 Å². The molecule has 0 amide bonds. The van der Waals surface area contributed by atoms with E-state index in [1.165, 1.54) is 0 Å². The summed E-state index contributed by atoms with van der Waals surface area (Å²) >= 11 is 4.09. The molecular weight excluding hydrogens is 147 g/mol. The summed E-state index contributed by atoms with van der Waals surface area (Å²) in [6, 6.07) is 0. The minimum atomic E-state index is 0. The second kappa shape index (κ2) is 15.8. The van der Waals surface area contributed by atoms with Gasteiger partial charge in [0.2, 0.25) is 0 Å². The molecule has 9 heavy (non-hydrogen) atoms. The fourth-order valence-electron chi connectivity index (χ4n) is 0. The first-order valence-electron chi connectivity index (χ1n) is 2.10. The van der Waals surface area contributed by atoms with E-state index in [4.69, 9.17) is 11.5 Å². The molecule has 0 aliphatic heterocycles. The summed E-state index contributed by atoms with van der Waals surface area (Å²) < 4.78 is 0. The van der Waals surface area contributed by atoms with Gasteiger partial charge in [-0.15, -0.1) is 0 Å². The third kappa shape index (κ3) is 145. The van der Waals surface area contributed by atoms with Crippen molar-refractivity contribution in [3.63, 3.8) is 0 Å². The van der Waals surface area contributed by atoms with Crippen molar-refractivity contribution in [2.75, 3.05) is 13.1 Å². The van der Waals surface area contributed by atoms with Crippen molar-refractivity contribution < 1.29 is 0 Å². The molecule has 0 aromatic heterocycles. The van der Waals surface area contributed by atoms with Crippen LogP contribution < -0.4 is 22.9 Å². The molecule has 0 bridgehead atoms. The molecule has 4 nitrogen and oxygen atoms in total. The SMILES string of the molecule is NC(N)=S.NCCN.[NaH]. The van der Waals surface area contributed by atoms with Crippen molar-refractivity contribution in [2.45, 2.75) is 0 Å². The molecule has 6 heteroatoms. The summed E-state index contributed by atoms with van der Waals surface area (Å²) in [4.78, 5) is 0. The van der Waals surface area contributed by atoms with E-state index in [1.807, 2.05) is 0 Å². The topological polar surface area (TPSA) is 104 Å². The van der Waals surface area contributed by atoms with Crippen LogP contribution in [0.5, 0.6) is 0 Å². The molecule has 0 saturated heterocycles. The van der Waals surface area contributed by atoms with Crippen LogP contribution in [0, 0.1) is 0 Å². The molecule has 0 aromatic rings. The summed E-state index contributed by atoms with van der Waals surface area (Å²) in [7, 11) is 0. The number of rotatable bonds is 1. The molecule has 0 aliphatic carbocycles. The van der Waals surface area contributed by atoms with Crippen molar-refractivity contribution >= 4 is 46.9 Å². The zero-order valence-electron chi connectivity index (χ0n) is 4.63. The molecule has 0 fully saturated rings. The van der Waals surface area contributed by atoms with E-state index in [0.29, 0.717) is 13.1 Å². The quantitative estimate of drug-likeness (QED) is 0.249. The fourth-order valence-corrected chi connectivity index (χ4v) is 0. The number of nitrogens with two attached hydrogens (primary N) is 4. The third-order valence-corrected chi connectivity index (χ3v) is 0.167. The second-order valence-corrected chi connectivity index (χ2v) is 1.45. The van der Waals surface area contributed by atoms with Gasteiger partial charge >= 0.3 is 29.6 Å². The van der Waals surface area contributed by atoms with Gasteiger partial charge in [-0.1, -0.05) is 0 Å². The summed E-state index contributed by atoms with van der Waals surface area (Å²) in [5.41, 5.74) is 19.0. The average Bonchev–Trinajstić information content (AvgIpc) is 1.65. The molecule has 8 N–H and O–H groups in total. The van der Waals surface area contributed by atoms with Crippen LogP contribution in [-0.4, -0.2) is 47.8 Å². The molecule has 52 valence electrons. The van der Waals surface area contributed by atoms with Gasteiger partial charge in [0.15, 0.2) is 5.11 Å². The first kappa shape index (κ1) is 16.3. The van der Waals surface area contributed by atoms with Crippen molar-refractivity contribution in [3.05, 3.63) is 0 Å². The van der Waals surface area contributed by atoms with Gasteiger partial charge in [-0.2, -0.15) is 0 Å². The Morgan fingerprint density at radius 2 is 1.22 bits per heavy atom. The first-order valence-corrected chi connectivity index (χ1v) is 2.51. The van der Waals surface area contributed by atoms with Crippen molar-refractivity contribution in [2.24, 2.45) is 22.9 Å².